The van der Waals surface area contributed by atoms with Crippen LogP contribution < -0.4 is 5.32 Å². The molecule has 0 atom stereocenters. The lowest BCUT2D eigenvalue weighted by atomic mass is 10.1. The Hall–Kier alpha value is -4.34. The van der Waals surface area contributed by atoms with Crippen LogP contribution in [0, 0.1) is 6.92 Å². The number of aromatic nitrogens is 4. The van der Waals surface area contributed by atoms with Crippen molar-refractivity contribution in [2.75, 3.05) is 19.4 Å². The molecule has 2 heterocycles. The van der Waals surface area contributed by atoms with Crippen LogP contribution in [0.3, 0.4) is 0 Å². The van der Waals surface area contributed by atoms with Gasteiger partial charge in [0.05, 0.1) is 6.42 Å². The lowest BCUT2D eigenvalue weighted by Gasteiger charge is -2.10. The van der Waals surface area contributed by atoms with E-state index in [1.54, 1.807) is 57.4 Å². The van der Waals surface area contributed by atoms with Crippen LogP contribution in [0.5, 0.6) is 0 Å². The van der Waals surface area contributed by atoms with Gasteiger partial charge in [-0.1, -0.05) is 11.2 Å². The first-order valence-corrected chi connectivity index (χ1v) is 9.74. The number of anilines is 1. The Bertz CT molecular complexity index is 1260. The molecule has 0 radical (unpaired) electrons. The number of amides is 2. The summed E-state index contributed by atoms with van der Waals surface area (Å²) in [5.74, 6) is 0.963. The van der Waals surface area contributed by atoms with Crippen LogP contribution in [0.1, 0.15) is 22.1 Å². The molecule has 2 aromatic carbocycles. The van der Waals surface area contributed by atoms with E-state index in [0.29, 0.717) is 28.6 Å². The lowest BCUT2D eigenvalue weighted by Crippen LogP contribution is -2.21. The van der Waals surface area contributed by atoms with E-state index in [-0.39, 0.29) is 30.0 Å². The molecule has 32 heavy (non-hydrogen) atoms. The molecule has 0 saturated heterocycles. The molecule has 162 valence electrons. The Morgan fingerprint density at radius 2 is 1.72 bits per heavy atom. The SMILES string of the molecule is Cc1nnc(-c2cccc(-c3nc(CC(=O)Nc4ccc(C(=O)N(C)C)cc4)no3)c2)o1. The Labute approximate surface area is 183 Å². The summed E-state index contributed by atoms with van der Waals surface area (Å²) in [6, 6.07) is 13.9. The summed E-state index contributed by atoms with van der Waals surface area (Å²) >= 11 is 0. The molecular weight excluding hydrogens is 412 g/mol. The molecule has 0 spiro atoms. The van der Waals surface area contributed by atoms with E-state index in [9.17, 15) is 9.59 Å². The minimum Gasteiger partial charge on any atom is -0.421 e. The van der Waals surface area contributed by atoms with Crippen molar-refractivity contribution in [3.63, 3.8) is 0 Å². The molecule has 10 heteroatoms. The molecule has 1 N–H and O–H groups in total. The summed E-state index contributed by atoms with van der Waals surface area (Å²) < 4.78 is 10.8. The second-order valence-electron chi connectivity index (χ2n) is 7.22. The van der Waals surface area contributed by atoms with Crippen molar-refractivity contribution in [3.05, 3.63) is 65.8 Å². The maximum Gasteiger partial charge on any atom is 0.257 e. The predicted octanol–water partition coefficient (Wildman–Crippen LogP) is 2.98. The fourth-order valence-electron chi connectivity index (χ4n) is 2.94. The zero-order chi connectivity index (χ0) is 22.7. The lowest BCUT2D eigenvalue weighted by molar-refractivity contribution is -0.115. The number of hydrogen-bond donors (Lipinski definition) is 1. The molecule has 0 aliphatic rings. The van der Waals surface area contributed by atoms with Gasteiger partial charge in [-0.2, -0.15) is 4.98 Å². The van der Waals surface area contributed by atoms with Gasteiger partial charge in [0.1, 0.15) is 0 Å². The van der Waals surface area contributed by atoms with Crippen LogP contribution in [0.4, 0.5) is 5.69 Å². The second-order valence-corrected chi connectivity index (χ2v) is 7.22. The first kappa shape index (κ1) is 20.9. The van der Waals surface area contributed by atoms with Crippen LogP contribution in [0.15, 0.2) is 57.5 Å². The van der Waals surface area contributed by atoms with Crippen LogP contribution in [0.2, 0.25) is 0 Å². The van der Waals surface area contributed by atoms with E-state index < -0.39 is 0 Å². The molecule has 0 aliphatic carbocycles. The highest BCUT2D eigenvalue weighted by atomic mass is 16.5. The van der Waals surface area contributed by atoms with Crippen molar-refractivity contribution < 1.29 is 18.5 Å². The van der Waals surface area contributed by atoms with E-state index in [1.807, 2.05) is 12.1 Å². The zero-order valence-corrected chi connectivity index (χ0v) is 17.7. The Balaban J connectivity index is 1.41. The molecule has 4 aromatic rings. The van der Waals surface area contributed by atoms with Crippen molar-refractivity contribution in [2.45, 2.75) is 13.3 Å². The van der Waals surface area contributed by atoms with Gasteiger partial charge >= 0.3 is 0 Å². The summed E-state index contributed by atoms with van der Waals surface area (Å²) in [5.41, 5.74) is 2.49. The quantitative estimate of drug-likeness (QED) is 0.493. The monoisotopic (exact) mass is 432 g/mol. The number of rotatable bonds is 6. The average Bonchev–Trinajstić information content (AvgIpc) is 3.43. The maximum absolute atomic E-state index is 12.4. The van der Waals surface area contributed by atoms with Crippen molar-refractivity contribution >= 4 is 17.5 Å². The van der Waals surface area contributed by atoms with Gasteiger partial charge in [-0.3, -0.25) is 9.59 Å². The number of carbonyl (C=O) groups is 2. The molecular formula is C22H20N6O4. The molecule has 0 saturated carbocycles. The summed E-state index contributed by atoms with van der Waals surface area (Å²) in [7, 11) is 3.36. The van der Waals surface area contributed by atoms with E-state index in [2.05, 4.69) is 25.7 Å². The van der Waals surface area contributed by atoms with E-state index in [0.717, 1.165) is 5.56 Å². The summed E-state index contributed by atoms with van der Waals surface area (Å²) in [5, 5.41) is 14.5. The summed E-state index contributed by atoms with van der Waals surface area (Å²) in [4.78, 5) is 30.1. The minimum atomic E-state index is -0.306. The van der Waals surface area contributed by atoms with Gasteiger partial charge in [0.25, 0.3) is 11.8 Å². The summed E-state index contributed by atoms with van der Waals surface area (Å²) in [6.45, 7) is 1.72. The van der Waals surface area contributed by atoms with E-state index >= 15 is 0 Å². The van der Waals surface area contributed by atoms with Crippen LogP contribution in [-0.4, -0.2) is 51.1 Å². The van der Waals surface area contributed by atoms with Gasteiger partial charge < -0.3 is 19.2 Å². The molecule has 0 aliphatic heterocycles. The predicted molar refractivity (Wildman–Crippen MR) is 115 cm³/mol. The smallest absolute Gasteiger partial charge is 0.257 e. The van der Waals surface area contributed by atoms with Gasteiger partial charge in [0.2, 0.25) is 17.7 Å². The number of benzene rings is 2. The molecule has 0 unspecified atom stereocenters. The molecule has 0 bridgehead atoms. The minimum absolute atomic E-state index is 0.0651. The van der Waals surface area contributed by atoms with E-state index in [4.69, 9.17) is 8.94 Å². The molecule has 10 nitrogen and oxygen atoms in total. The number of carbonyl (C=O) groups excluding carboxylic acids is 2. The van der Waals surface area contributed by atoms with Crippen molar-refractivity contribution in [3.8, 4) is 22.9 Å². The highest BCUT2D eigenvalue weighted by Gasteiger charge is 2.15. The third-order valence-electron chi connectivity index (χ3n) is 4.49. The topological polar surface area (TPSA) is 127 Å². The summed E-state index contributed by atoms with van der Waals surface area (Å²) in [6.07, 6.45) is -0.0651. The van der Waals surface area contributed by atoms with Crippen LogP contribution in [-0.2, 0) is 11.2 Å². The molecule has 2 amide bonds. The van der Waals surface area contributed by atoms with Gasteiger partial charge in [-0.25, -0.2) is 0 Å². The first-order chi connectivity index (χ1) is 15.4. The van der Waals surface area contributed by atoms with E-state index in [1.165, 1.54) is 4.90 Å². The standard InChI is InChI=1S/C22H20N6O4/c1-13-25-26-21(31-13)16-6-4-5-15(11-16)20-24-18(27-32-20)12-19(29)23-17-9-7-14(8-10-17)22(30)28(2)3/h4-11H,12H2,1-3H3,(H,23,29). The third kappa shape index (κ3) is 4.69. The normalized spacial score (nSPS) is 10.7. The zero-order valence-electron chi connectivity index (χ0n) is 17.7. The second kappa shape index (κ2) is 8.80. The number of aryl methyl sites for hydroxylation is 1. The van der Waals surface area contributed by atoms with Gasteiger partial charge in [0.15, 0.2) is 5.82 Å². The fraction of sp³-hybridized carbons (Fsp3) is 0.182. The fourth-order valence-corrected chi connectivity index (χ4v) is 2.94. The maximum atomic E-state index is 12.4. The highest BCUT2D eigenvalue weighted by molar-refractivity contribution is 5.95. The van der Waals surface area contributed by atoms with Gasteiger partial charge in [-0.05, 0) is 42.5 Å². The Morgan fingerprint density at radius 1 is 1.00 bits per heavy atom. The third-order valence-corrected chi connectivity index (χ3v) is 4.49. The Morgan fingerprint density at radius 3 is 2.38 bits per heavy atom. The van der Waals surface area contributed by atoms with Crippen molar-refractivity contribution in [2.24, 2.45) is 0 Å². The van der Waals surface area contributed by atoms with Crippen LogP contribution in [0.25, 0.3) is 22.9 Å². The molecule has 2 aromatic heterocycles. The molecule has 0 fully saturated rings. The van der Waals surface area contributed by atoms with Crippen LogP contribution >= 0.6 is 0 Å². The number of nitrogens with zero attached hydrogens (tertiary/aromatic N) is 5. The molecule has 4 rings (SSSR count). The van der Waals surface area contributed by atoms with Gasteiger partial charge in [-0.15, -0.1) is 10.2 Å². The number of hydrogen-bond acceptors (Lipinski definition) is 8. The van der Waals surface area contributed by atoms with Crippen molar-refractivity contribution in [1.82, 2.24) is 25.2 Å². The van der Waals surface area contributed by atoms with Gasteiger partial charge in [0, 0.05) is 43.4 Å². The number of nitrogens with one attached hydrogen (secondary N) is 1. The van der Waals surface area contributed by atoms with Crippen molar-refractivity contribution in [1.29, 1.82) is 0 Å². The Kier molecular flexibility index (Phi) is 5.75. The first-order valence-electron chi connectivity index (χ1n) is 9.74. The largest absolute Gasteiger partial charge is 0.421 e. The average molecular weight is 432 g/mol. The highest BCUT2D eigenvalue weighted by Crippen LogP contribution is 2.24.